The van der Waals surface area contributed by atoms with Crippen molar-refractivity contribution in [1.82, 2.24) is 25.6 Å². The molecule has 0 saturated carbocycles. The lowest BCUT2D eigenvalue weighted by Gasteiger charge is -2.31. The fraction of sp³-hybridized carbons (Fsp3) is 0.421. The molecule has 0 spiro atoms. The maximum absolute atomic E-state index is 12.4. The smallest absolute Gasteiger partial charge is 0.225 e. The summed E-state index contributed by atoms with van der Waals surface area (Å²) in [4.78, 5) is 38.9. The van der Waals surface area contributed by atoms with Gasteiger partial charge in [0.05, 0.1) is 5.92 Å². The van der Waals surface area contributed by atoms with Crippen LogP contribution in [0.1, 0.15) is 24.8 Å². The third-order valence-corrected chi connectivity index (χ3v) is 4.49. The van der Waals surface area contributed by atoms with Gasteiger partial charge in [0.1, 0.15) is 0 Å². The second-order valence-electron chi connectivity index (χ2n) is 6.51. The number of nitrogens with zero attached hydrogens (tertiary/aromatic N) is 4. The minimum Gasteiger partial charge on any atom is -0.355 e. The first-order valence-electron chi connectivity index (χ1n) is 9.17. The number of carbonyl (C=O) groups excluding carboxylic acids is 2. The van der Waals surface area contributed by atoms with Gasteiger partial charge < -0.3 is 15.5 Å². The molecular weight excluding hydrogens is 344 g/mol. The minimum absolute atomic E-state index is 0.0179. The molecule has 2 aromatic heterocycles. The van der Waals surface area contributed by atoms with E-state index in [4.69, 9.17) is 0 Å². The quantitative estimate of drug-likeness (QED) is 0.754. The Bertz CT molecular complexity index is 740. The molecule has 1 atom stereocenters. The summed E-state index contributed by atoms with van der Waals surface area (Å²) in [6, 6.07) is 5.51. The molecule has 3 heterocycles. The summed E-state index contributed by atoms with van der Waals surface area (Å²) >= 11 is 0. The first kappa shape index (κ1) is 18.8. The van der Waals surface area contributed by atoms with Crippen molar-refractivity contribution >= 4 is 17.8 Å². The molecule has 1 fully saturated rings. The number of piperidine rings is 1. The van der Waals surface area contributed by atoms with E-state index in [9.17, 15) is 9.59 Å². The van der Waals surface area contributed by atoms with E-state index >= 15 is 0 Å². The van der Waals surface area contributed by atoms with E-state index in [1.165, 1.54) is 0 Å². The van der Waals surface area contributed by atoms with Gasteiger partial charge in [0, 0.05) is 57.4 Å². The molecule has 2 aromatic rings. The molecule has 8 heteroatoms. The zero-order valence-electron chi connectivity index (χ0n) is 15.2. The molecule has 2 N–H and O–H groups in total. The second-order valence-corrected chi connectivity index (χ2v) is 6.51. The number of hydrogen-bond acceptors (Lipinski definition) is 6. The van der Waals surface area contributed by atoms with E-state index in [1.54, 1.807) is 30.9 Å². The Morgan fingerprint density at radius 2 is 2.00 bits per heavy atom. The van der Waals surface area contributed by atoms with E-state index in [1.807, 2.05) is 17.0 Å². The molecule has 142 valence electrons. The highest BCUT2D eigenvalue weighted by Gasteiger charge is 2.26. The lowest BCUT2D eigenvalue weighted by atomic mass is 9.97. The summed E-state index contributed by atoms with van der Waals surface area (Å²) in [5.41, 5.74) is 0.945. The maximum atomic E-state index is 12.4. The number of aromatic nitrogens is 3. The van der Waals surface area contributed by atoms with E-state index in [0.717, 1.165) is 24.9 Å². The molecule has 3 rings (SSSR count). The van der Waals surface area contributed by atoms with Gasteiger partial charge >= 0.3 is 0 Å². The lowest BCUT2D eigenvalue weighted by molar-refractivity contribution is -0.125. The largest absolute Gasteiger partial charge is 0.355 e. The average molecular weight is 368 g/mol. The third kappa shape index (κ3) is 5.73. The summed E-state index contributed by atoms with van der Waals surface area (Å²) in [5, 5.41) is 5.70. The molecule has 0 aliphatic carbocycles. The van der Waals surface area contributed by atoms with Crippen molar-refractivity contribution in [1.29, 1.82) is 0 Å². The summed E-state index contributed by atoms with van der Waals surface area (Å²) in [7, 11) is 0. The summed E-state index contributed by atoms with van der Waals surface area (Å²) in [5.74, 6) is 0.434. The van der Waals surface area contributed by atoms with Crippen LogP contribution in [-0.2, 0) is 16.1 Å². The predicted molar refractivity (Wildman–Crippen MR) is 101 cm³/mol. The Morgan fingerprint density at radius 3 is 2.78 bits per heavy atom. The lowest BCUT2D eigenvalue weighted by Crippen LogP contribution is -2.44. The molecule has 27 heavy (non-hydrogen) atoms. The topological polar surface area (TPSA) is 100 Å². The normalized spacial score (nSPS) is 16.6. The van der Waals surface area contributed by atoms with Crippen LogP contribution < -0.4 is 15.5 Å². The molecule has 0 aromatic carbocycles. The predicted octanol–water partition coefficient (Wildman–Crippen LogP) is 0.911. The van der Waals surface area contributed by atoms with Crippen LogP contribution in [0.4, 0.5) is 5.95 Å². The average Bonchev–Trinajstić information content (AvgIpc) is 2.73. The maximum Gasteiger partial charge on any atom is 0.225 e. The molecule has 1 unspecified atom stereocenters. The van der Waals surface area contributed by atoms with Gasteiger partial charge in [0.2, 0.25) is 17.8 Å². The second kappa shape index (κ2) is 9.61. The van der Waals surface area contributed by atoms with Gasteiger partial charge in [0.15, 0.2) is 0 Å². The molecule has 0 radical (unpaired) electrons. The first-order valence-corrected chi connectivity index (χ1v) is 9.17. The number of hydrogen-bond donors (Lipinski definition) is 2. The Balaban J connectivity index is 1.38. The molecule has 0 bridgehead atoms. The Morgan fingerprint density at radius 1 is 1.15 bits per heavy atom. The van der Waals surface area contributed by atoms with Crippen LogP contribution in [0.25, 0.3) is 0 Å². The van der Waals surface area contributed by atoms with E-state index < -0.39 is 0 Å². The number of amides is 2. The molecule has 1 aliphatic rings. The van der Waals surface area contributed by atoms with E-state index in [0.29, 0.717) is 25.6 Å². The van der Waals surface area contributed by atoms with Gasteiger partial charge in [0.25, 0.3) is 0 Å². The Hall–Kier alpha value is -3.03. The molecule has 1 aliphatic heterocycles. The summed E-state index contributed by atoms with van der Waals surface area (Å²) in [6.45, 7) is 2.22. The molecule has 2 amide bonds. The minimum atomic E-state index is -0.110. The highest BCUT2D eigenvalue weighted by molar-refractivity contribution is 5.81. The zero-order chi connectivity index (χ0) is 18.9. The van der Waals surface area contributed by atoms with Crippen molar-refractivity contribution in [3.63, 3.8) is 0 Å². The fourth-order valence-corrected chi connectivity index (χ4v) is 3.06. The number of carbonyl (C=O) groups is 2. The molecule has 1 saturated heterocycles. The van der Waals surface area contributed by atoms with Gasteiger partial charge in [-0.2, -0.15) is 0 Å². The Labute approximate surface area is 158 Å². The fourth-order valence-electron chi connectivity index (χ4n) is 3.06. The van der Waals surface area contributed by atoms with Crippen molar-refractivity contribution in [2.75, 3.05) is 24.5 Å². The SMILES string of the molecule is O=C(CCNC(=O)C1CCCN(c2ncccn2)C1)NCc1cccnc1. The van der Waals surface area contributed by atoms with E-state index in [2.05, 4.69) is 25.6 Å². The zero-order valence-corrected chi connectivity index (χ0v) is 15.2. The molecule has 8 nitrogen and oxygen atoms in total. The van der Waals surface area contributed by atoms with Crippen LogP contribution in [0.2, 0.25) is 0 Å². The van der Waals surface area contributed by atoms with Gasteiger partial charge in [-0.1, -0.05) is 6.07 Å². The van der Waals surface area contributed by atoms with Gasteiger partial charge in [-0.05, 0) is 30.5 Å². The van der Waals surface area contributed by atoms with Crippen LogP contribution in [0, 0.1) is 5.92 Å². The number of anilines is 1. The monoisotopic (exact) mass is 368 g/mol. The van der Waals surface area contributed by atoms with Crippen LogP contribution in [0.3, 0.4) is 0 Å². The van der Waals surface area contributed by atoms with Crippen LogP contribution in [0.5, 0.6) is 0 Å². The third-order valence-electron chi connectivity index (χ3n) is 4.49. The summed E-state index contributed by atoms with van der Waals surface area (Å²) < 4.78 is 0. The standard InChI is InChI=1S/C19H24N6O2/c26-17(24-13-15-4-1-7-20-12-15)6-10-21-18(27)16-5-2-11-25(14-16)19-22-8-3-9-23-19/h1,3-4,7-9,12,16H,2,5-6,10-11,13-14H2,(H,21,27)(H,24,26). The highest BCUT2D eigenvalue weighted by atomic mass is 16.2. The van der Waals surface area contributed by atoms with Crippen LogP contribution in [0.15, 0.2) is 43.0 Å². The number of pyridine rings is 1. The van der Waals surface area contributed by atoms with Crippen molar-refractivity contribution in [3.05, 3.63) is 48.5 Å². The van der Waals surface area contributed by atoms with Crippen molar-refractivity contribution in [3.8, 4) is 0 Å². The van der Waals surface area contributed by atoms with Crippen LogP contribution in [-0.4, -0.2) is 46.4 Å². The van der Waals surface area contributed by atoms with Gasteiger partial charge in [-0.15, -0.1) is 0 Å². The van der Waals surface area contributed by atoms with Gasteiger partial charge in [-0.25, -0.2) is 9.97 Å². The molecular formula is C19H24N6O2. The van der Waals surface area contributed by atoms with Crippen molar-refractivity contribution < 1.29 is 9.59 Å². The summed E-state index contributed by atoms with van der Waals surface area (Å²) in [6.07, 6.45) is 8.82. The number of nitrogens with one attached hydrogen (secondary N) is 2. The van der Waals surface area contributed by atoms with Crippen LogP contribution >= 0.6 is 0 Å². The number of rotatable bonds is 7. The Kier molecular flexibility index (Phi) is 6.67. The van der Waals surface area contributed by atoms with Crippen molar-refractivity contribution in [2.45, 2.75) is 25.8 Å². The van der Waals surface area contributed by atoms with Gasteiger partial charge in [-0.3, -0.25) is 14.6 Å². The first-order chi connectivity index (χ1) is 13.2. The van der Waals surface area contributed by atoms with Crippen molar-refractivity contribution in [2.24, 2.45) is 5.92 Å². The highest BCUT2D eigenvalue weighted by Crippen LogP contribution is 2.19. The van der Waals surface area contributed by atoms with E-state index in [-0.39, 0.29) is 24.2 Å².